The Balaban J connectivity index is 3.07. The summed E-state index contributed by atoms with van der Waals surface area (Å²) in [6.45, 7) is 9.72. The Labute approximate surface area is 120 Å². The summed E-state index contributed by atoms with van der Waals surface area (Å²) < 4.78 is 40.7. The number of nitrogens with two attached hydrogens (primary N) is 1. The van der Waals surface area contributed by atoms with Crippen molar-refractivity contribution in [3.8, 4) is 0 Å². The monoisotopic (exact) mass is 302 g/mol. The van der Waals surface area contributed by atoms with Gasteiger partial charge < -0.3 is 5.73 Å². The zero-order valence-corrected chi connectivity index (χ0v) is 13.4. The number of rotatable bonds is 5. The van der Waals surface area contributed by atoms with Crippen LogP contribution in [0, 0.1) is 24.1 Å². The van der Waals surface area contributed by atoms with E-state index in [2.05, 4.69) is 4.72 Å². The van der Waals surface area contributed by atoms with E-state index in [1.165, 1.54) is 13.0 Å². The molecule has 0 aliphatic rings. The highest BCUT2D eigenvalue weighted by Gasteiger charge is 2.26. The van der Waals surface area contributed by atoms with Gasteiger partial charge >= 0.3 is 0 Å². The topological polar surface area (TPSA) is 72.2 Å². The van der Waals surface area contributed by atoms with Gasteiger partial charge in [0.25, 0.3) is 0 Å². The summed E-state index contributed by atoms with van der Waals surface area (Å²) in [6.07, 6.45) is 0. The van der Waals surface area contributed by atoms with Gasteiger partial charge in [0, 0.05) is 17.8 Å². The van der Waals surface area contributed by atoms with Gasteiger partial charge in [0.2, 0.25) is 10.0 Å². The van der Waals surface area contributed by atoms with E-state index in [0.717, 1.165) is 6.07 Å². The van der Waals surface area contributed by atoms with Crippen molar-refractivity contribution in [1.29, 1.82) is 0 Å². The lowest BCUT2D eigenvalue weighted by molar-refractivity contribution is 0.252. The van der Waals surface area contributed by atoms with Crippen LogP contribution in [0.15, 0.2) is 17.0 Å². The molecule has 0 saturated carbocycles. The molecule has 1 aromatic carbocycles. The lowest BCUT2D eigenvalue weighted by Gasteiger charge is -2.29. The van der Waals surface area contributed by atoms with Gasteiger partial charge in [-0.3, -0.25) is 0 Å². The fourth-order valence-corrected chi connectivity index (χ4v) is 3.02. The predicted molar refractivity (Wildman–Crippen MR) is 79.4 cm³/mol. The molecule has 0 heterocycles. The molecular formula is C14H23FN2O2S. The summed E-state index contributed by atoms with van der Waals surface area (Å²) in [5.41, 5.74) is 5.50. The maximum atomic E-state index is 13.6. The first-order chi connectivity index (χ1) is 8.97. The van der Waals surface area contributed by atoms with Crippen LogP contribution in [0.5, 0.6) is 0 Å². The second-order valence-electron chi connectivity index (χ2n) is 6.09. The molecular weight excluding hydrogens is 279 g/mol. The van der Waals surface area contributed by atoms with E-state index in [-0.39, 0.29) is 28.1 Å². The van der Waals surface area contributed by atoms with Crippen LogP contribution in [0.3, 0.4) is 0 Å². The SMILES string of the molecule is Cc1c(F)cc(N)cc1S(=O)(=O)NCC(C)(C)C(C)C. The minimum Gasteiger partial charge on any atom is -0.399 e. The molecule has 20 heavy (non-hydrogen) atoms. The Morgan fingerprint density at radius 3 is 2.40 bits per heavy atom. The Kier molecular flexibility index (Phi) is 4.82. The number of nitrogens with one attached hydrogen (secondary N) is 1. The first kappa shape index (κ1) is 16.9. The summed E-state index contributed by atoms with van der Waals surface area (Å²) in [6, 6.07) is 2.40. The van der Waals surface area contributed by atoms with Gasteiger partial charge in [-0.2, -0.15) is 0 Å². The van der Waals surface area contributed by atoms with Crippen molar-refractivity contribution in [3.63, 3.8) is 0 Å². The van der Waals surface area contributed by atoms with E-state index in [1.54, 1.807) is 0 Å². The van der Waals surface area contributed by atoms with Crippen LogP contribution in [0.2, 0.25) is 0 Å². The van der Waals surface area contributed by atoms with Crippen LogP contribution in [0.4, 0.5) is 10.1 Å². The molecule has 0 amide bonds. The average molecular weight is 302 g/mol. The first-order valence-electron chi connectivity index (χ1n) is 6.52. The highest BCUT2D eigenvalue weighted by molar-refractivity contribution is 7.89. The van der Waals surface area contributed by atoms with Gasteiger partial charge in [-0.05, 0) is 30.4 Å². The van der Waals surface area contributed by atoms with Gasteiger partial charge in [-0.25, -0.2) is 17.5 Å². The van der Waals surface area contributed by atoms with Crippen molar-refractivity contribution in [2.45, 2.75) is 39.5 Å². The number of halogens is 1. The van der Waals surface area contributed by atoms with E-state index in [1.807, 2.05) is 27.7 Å². The fraction of sp³-hybridized carbons (Fsp3) is 0.571. The minimum absolute atomic E-state index is 0.0778. The third-order valence-corrected chi connectivity index (χ3v) is 5.42. The molecule has 0 unspecified atom stereocenters. The number of anilines is 1. The third-order valence-electron chi connectivity index (χ3n) is 3.89. The largest absolute Gasteiger partial charge is 0.399 e. The van der Waals surface area contributed by atoms with E-state index in [0.29, 0.717) is 5.92 Å². The van der Waals surface area contributed by atoms with Crippen molar-refractivity contribution in [2.75, 3.05) is 12.3 Å². The molecule has 0 radical (unpaired) electrons. The lowest BCUT2D eigenvalue weighted by atomic mass is 9.81. The zero-order chi connectivity index (χ0) is 15.7. The van der Waals surface area contributed by atoms with Crippen LogP contribution in [-0.2, 0) is 10.0 Å². The average Bonchev–Trinajstić information content (AvgIpc) is 2.31. The lowest BCUT2D eigenvalue weighted by Crippen LogP contribution is -2.37. The number of benzene rings is 1. The van der Waals surface area contributed by atoms with Gasteiger partial charge in [0.15, 0.2) is 0 Å². The molecule has 4 nitrogen and oxygen atoms in total. The highest BCUT2D eigenvalue weighted by Crippen LogP contribution is 2.26. The van der Waals surface area contributed by atoms with Crippen molar-refractivity contribution >= 4 is 15.7 Å². The molecule has 6 heteroatoms. The molecule has 0 spiro atoms. The van der Waals surface area contributed by atoms with E-state index >= 15 is 0 Å². The molecule has 0 aliphatic carbocycles. The van der Waals surface area contributed by atoms with E-state index < -0.39 is 15.8 Å². The van der Waals surface area contributed by atoms with Crippen molar-refractivity contribution in [3.05, 3.63) is 23.5 Å². The van der Waals surface area contributed by atoms with Crippen LogP contribution in [-0.4, -0.2) is 15.0 Å². The highest BCUT2D eigenvalue weighted by atomic mass is 32.2. The fourth-order valence-electron chi connectivity index (χ4n) is 1.52. The van der Waals surface area contributed by atoms with Gasteiger partial charge in [0.05, 0.1) is 4.90 Å². The summed E-state index contributed by atoms with van der Waals surface area (Å²) in [5.74, 6) is -0.308. The smallest absolute Gasteiger partial charge is 0.241 e. The van der Waals surface area contributed by atoms with Crippen LogP contribution in [0.1, 0.15) is 33.3 Å². The molecule has 0 atom stereocenters. The van der Waals surface area contributed by atoms with Gasteiger partial charge in [-0.15, -0.1) is 0 Å². The standard InChI is InChI=1S/C14H23FN2O2S/c1-9(2)14(4,5)8-17-20(18,19)13-7-11(16)6-12(15)10(13)3/h6-7,9,17H,8,16H2,1-5H3. The maximum absolute atomic E-state index is 13.6. The molecule has 0 aliphatic heterocycles. The summed E-state index contributed by atoms with van der Waals surface area (Å²) in [4.78, 5) is -0.102. The minimum atomic E-state index is -3.77. The summed E-state index contributed by atoms with van der Waals surface area (Å²) in [7, 11) is -3.77. The zero-order valence-electron chi connectivity index (χ0n) is 12.6. The molecule has 0 saturated heterocycles. The molecule has 0 fully saturated rings. The summed E-state index contributed by atoms with van der Waals surface area (Å²) >= 11 is 0. The Hall–Kier alpha value is -1.14. The molecule has 0 bridgehead atoms. The normalized spacial score (nSPS) is 12.9. The number of hydrogen-bond donors (Lipinski definition) is 2. The molecule has 114 valence electrons. The predicted octanol–water partition coefficient (Wildman–Crippen LogP) is 2.68. The Bertz CT molecular complexity index is 595. The van der Waals surface area contributed by atoms with Gasteiger partial charge in [-0.1, -0.05) is 27.7 Å². The molecule has 3 N–H and O–H groups in total. The molecule has 0 aromatic heterocycles. The first-order valence-corrected chi connectivity index (χ1v) is 8.01. The van der Waals surface area contributed by atoms with Crippen LogP contribution in [0.25, 0.3) is 0 Å². The molecule has 1 rings (SSSR count). The summed E-state index contributed by atoms with van der Waals surface area (Å²) in [5, 5.41) is 0. The number of hydrogen-bond acceptors (Lipinski definition) is 3. The van der Waals surface area contributed by atoms with E-state index in [4.69, 9.17) is 5.73 Å². The van der Waals surface area contributed by atoms with E-state index in [9.17, 15) is 12.8 Å². The van der Waals surface area contributed by atoms with Crippen molar-refractivity contribution < 1.29 is 12.8 Å². The van der Waals surface area contributed by atoms with Crippen molar-refractivity contribution in [1.82, 2.24) is 4.72 Å². The molecule has 1 aromatic rings. The van der Waals surface area contributed by atoms with Crippen LogP contribution < -0.4 is 10.5 Å². The van der Waals surface area contributed by atoms with Crippen LogP contribution >= 0.6 is 0 Å². The van der Waals surface area contributed by atoms with Crippen molar-refractivity contribution in [2.24, 2.45) is 11.3 Å². The number of sulfonamides is 1. The third kappa shape index (κ3) is 3.70. The quantitative estimate of drug-likeness (QED) is 0.821. The second kappa shape index (κ2) is 5.69. The Morgan fingerprint density at radius 2 is 1.90 bits per heavy atom. The van der Waals surface area contributed by atoms with Gasteiger partial charge in [0.1, 0.15) is 5.82 Å². The second-order valence-corrected chi connectivity index (χ2v) is 7.83. The maximum Gasteiger partial charge on any atom is 0.241 e. The Morgan fingerprint density at radius 1 is 1.35 bits per heavy atom. The number of nitrogen functional groups attached to an aromatic ring is 1.